The van der Waals surface area contributed by atoms with Crippen molar-refractivity contribution in [3.8, 4) is 5.75 Å². The maximum atomic E-state index is 6.45. The van der Waals surface area contributed by atoms with Crippen LogP contribution in [0.3, 0.4) is 0 Å². The number of halogens is 1. The van der Waals surface area contributed by atoms with Crippen LogP contribution in [-0.4, -0.2) is 24.1 Å². The van der Waals surface area contributed by atoms with Crippen molar-refractivity contribution in [2.24, 2.45) is 0 Å². The van der Waals surface area contributed by atoms with Crippen molar-refractivity contribution < 1.29 is 4.74 Å². The van der Waals surface area contributed by atoms with Crippen molar-refractivity contribution in [1.82, 2.24) is 4.90 Å². The van der Waals surface area contributed by atoms with E-state index in [1.807, 2.05) is 0 Å². The van der Waals surface area contributed by atoms with Crippen molar-refractivity contribution in [1.29, 1.82) is 0 Å². The highest BCUT2D eigenvalue weighted by molar-refractivity contribution is 9.10. The lowest BCUT2D eigenvalue weighted by Gasteiger charge is -2.44. The van der Waals surface area contributed by atoms with Gasteiger partial charge in [0.25, 0.3) is 0 Å². The predicted molar refractivity (Wildman–Crippen MR) is 124 cm³/mol. The molecule has 0 saturated carbocycles. The predicted octanol–water partition coefficient (Wildman–Crippen LogP) is 6.60. The number of likely N-dealkylation sites (tertiary alicyclic amines) is 1. The average Bonchev–Trinajstić information content (AvgIpc) is 2.68. The third-order valence-corrected chi connectivity index (χ3v) is 6.01. The zero-order valence-corrected chi connectivity index (χ0v) is 18.9. The Kier molecular flexibility index (Phi) is 5.80. The number of ether oxygens (including phenoxy) is 1. The van der Waals surface area contributed by atoms with E-state index in [9.17, 15) is 0 Å². The molecule has 3 aromatic carbocycles. The fraction of sp³-hybridized carbons (Fsp3) is 0.308. The quantitative estimate of drug-likeness (QED) is 0.434. The maximum Gasteiger partial charge on any atom is 0.124 e. The van der Waals surface area contributed by atoms with Crippen LogP contribution in [-0.2, 0) is 5.41 Å². The van der Waals surface area contributed by atoms with E-state index < -0.39 is 0 Å². The van der Waals surface area contributed by atoms with Crippen LogP contribution in [0.4, 0.5) is 0 Å². The van der Waals surface area contributed by atoms with Crippen LogP contribution in [0.15, 0.2) is 83.3 Å². The van der Waals surface area contributed by atoms with Gasteiger partial charge in [-0.15, -0.1) is 0 Å². The molecule has 1 heterocycles. The summed E-state index contributed by atoms with van der Waals surface area (Å²) in [6, 6.07) is 28.1. The Morgan fingerprint density at radius 3 is 1.93 bits per heavy atom. The summed E-state index contributed by atoms with van der Waals surface area (Å²) in [6.45, 7) is 8.54. The molecule has 0 aromatic heterocycles. The first kappa shape index (κ1) is 20.2. The van der Waals surface area contributed by atoms with Gasteiger partial charge in [0.05, 0.1) is 6.04 Å². The molecule has 0 aliphatic carbocycles. The normalized spacial score (nSPS) is 15.3. The van der Waals surface area contributed by atoms with Gasteiger partial charge in [0.1, 0.15) is 11.9 Å². The topological polar surface area (TPSA) is 12.5 Å². The minimum absolute atomic E-state index is 0.0408. The summed E-state index contributed by atoms with van der Waals surface area (Å²) in [5.74, 6) is 1.00. The molecule has 1 fully saturated rings. The third kappa shape index (κ3) is 4.57. The Labute approximate surface area is 182 Å². The van der Waals surface area contributed by atoms with Crippen LogP contribution in [0, 0.1) is 0 Å². The zero-order valence-electron chi connectivity index (χ0n) is 17.3. The first-order chi connectivity index (χ1) is 13.9. The van der Waals surface area contributed by atoms with Crippen molar-refractivity contribution >= 4 is 15.9 Å². The van der Waals surface area contributed by atoms with Crippen molar-refractivity contribution in [2.45, 2.75) is 38.3 Å². The second kappa shape index (κ2) is 8.33. The van der Waals surface area contributed by atoms with Gasteiger partial charge in [0.15, 0.2) is 0 Å². The molecule has 2 nitrogen and oxygen atoms in total. The van der Waals surface area contributed by atoms with Gasteiger partial charge in [-0.2, -0.15) is 0 Å². The van der Waals surface area contributed by atoms with E-state index in [0.29, 0.717) is 0 Å². The maximum absolute atomic E-state index is 6.45. The molecule has 3 aromatic rings. The van der Waals surface area contributed by atoms with Crippen molar-refractivity contribution in [2.75, 3.05) is 13.1 Å². The molecule has 1 aliphatic heterocycles. The van der Waals surface area contributed by atoms with Crippen LogP contribution < -0.4 is 4.74 Å². The number of hydrogen-bond donors (Lipinski definition) is 0. The number of rotatable bonds is 5. The van der Waals surface area contributed by atoms with Crippen LogP contribution in [0.5, 0.6) is 5.75 Å². The van der Waals surface area contributed by atoms with E-state index in [4.69, 9.17) is 4.74 Å². The van der Waals surface area contributed by atoms with Gasteiger partial charge in [-0.1, -0.05) is 97.4 Å². The molecule has 0 spiro atoms. The molecule has 0 bridgehead atoms. The molecular formula is C26H28BrNO. The Morgan fingerprint density at radius 2 is 1.41 bits per heavy atom. The van der Waals surface area contributed by atoms with Gasteiger partial charge >= 0.3 is 0 Å². The van der Waals surface area contributed by atoms with Crippen LogP contribution in [0.2, 0.25) is 0 Å². The van der Waals surface area contributed by atoms with Gasteiger partial charge in [-0.05, 0) is 34.7 Å². The average molecular weight is 450 g/mol. The highest BCUT2D eigenvalue weighted by Gasteiger charge is 2.36. The molecular weight excluding hydrogens is 422 g/mol. The lowest BCUT2D eigenvalue weighted by atomic mass is 9.86. The minimum atomic E-state index is 0.0408. The molecule has 3 heteroatoms. The molecule has 0 atom stereocenters. The van der Waals surface area contributed by atoms with E-state index in [1.54, 1.807) is 0 Å². The summed E-state index contributed by atoms with van der Waals surface area (Å²) in [5.41, 5.74) is 3.94. The van der Waals surface area contributed by atoms with E-state index in [0.717, 1.165) is 23.3 Å². The van der Waals surface area contributed by atoms with Crippen LogP contribution in [0.25, 0.3) is 0 Å². The van der Waals surface area contributed by atoms with Gasteiger partial charge in [0.2, 0.25) is 0 Å². The SMILES string of the molecule is CC(C)(C)c1cc(Br)ccc1OC1CN(C(c2ccccc2)c2ccccc2)C1. The summed E-state index contributed by atoms with van der Waals surface area (Å²) < 4.78 is 7.55. The van der Waals surface area contributed by atoms with Crippen molar-refractivity contribution in [3.05, 3.63) is 100 Å². The smallest absolute Gasteiger partial charge is 0.124 e. The number of benzene rings is 3. The Bertz CT molecular complexity index is 904. The van der Waals surface area contributed by atoms with Gasteiger partial charge < -0.3 is 4.74 Å². The second-order valence-electron chi connectivity index (χ2n) is 8.81. The second-order valence-corrected chi connectivity index (χ2v) is 9.72. The lowest BCUT2D eigenvalue weighted by Crippen LogP contribution is -2.55. The summed E-state index contributed by atoms with van der Waals surface area (Å²) >= 11 is 3.60. The Balaban J connectivity index is 1.51. The Hall–Kier alpha value is -2.10. The van der Waals surface area contributed by atoms with E-state index in [1.165, 1.54) is 16.7 Å². The fourth-order valence-corrected chi connectivity index (χ4v) is 4.37. The number of nitrogens with zero attached hydrogens (tertiary/aromatic N) is 1. The largest absolute Gasteiger partial charge is 0.487 e. The van der Waals surface area contributed by atoms with Crippen LogP contribution >= 0.6 is 15.9 Å². The molecule has 4 rings (SSSR count). The summed E-state index contributed by atoms with van der Waals surface area (Å²) in [7, 11) is 0. The van der Waals surface area contributed by atoms with Crippen LogP contribution in [0.1, 0.15) is 43.5 Å². The number of hydrogen-bond acceptors (Lipinski definition) is 2. The molecule has 29 heavy (non-hydrogen) atoms. The Morgan fingerprint density at radius 1 is 0.862 bits per heavy atom. The molecule has 0 amide bonds. The first-order valence-corrected chi connectivity index (χ1v) is 11.0. The fourth-order valence-electron chi connectivity index (χ4n) is 4.01. The van der Waals surface area contributed by atoms with Gasteiger partial charge in [-0.3, -0.25) is 4.90 Å². The third-order valence-electron chi connectivity index (χ3n) is 5.52. The molecule has 1 aliphatic rings. The van der Waals surface area contributed by atoms with Crippen molar-refractivity contribution in [3.63, 3.8) is 0 Å². The highest BCUT2D eigenvalue weighted by atomic mass is 79.9. The zero-order chi connectivity index (χ0) is 20.4. The van der Waals surface area contributed by atoms with Gasteiger partial charge in [0, 0.05) is 23.1 Å². The van der Waals surface area contributed by atoms with Gasteiger partial charge in [-0.25, -0.2) is 0 Å². The molecule has 0 N–H and O–H groups in total. The lowest BCUT2D eigenvalue weighted by molar-refractivity contribution is -0.000616. The summed E-state index contributed by atoms with van der Waals surface area (Å²) in [6.07, 6.45) is 0.215. The van der Waals surface area contributed by atoms with E-state index in [2.05, 4.69) is 120 Å². The summed E-state index contributed by atoms with van der Waals surface area (Å²) in [4.78, 5) is 2.50. The summed E-state index contributed by atoms with van der Waals surface area (Å²) in [5, 5.41) is 0. The standard InChI is InChI=1S/C26H28BrNO/c1-26(2,3)23-16-21(27)14-15-24(23)29-22-17-28(18-22)25(19-10-6-4-7-11-19)20-12-8-5-9-13-20/h4-16,22,25H,17-18H2,1-3H3. The highest BCUT2D eigenvalue weighted by Crippen LogP contribution is 2.37. The molecule has 0 unspecified atom stereocenters. The molecule has 0 radical (unpaired) electrons. The molecule has 150 valence electrons. The molecule has 1 saturated heterocycles. The minimum Gasteiger partial charge on any atom is -0.487 e. The van der Waals surface area contributed by atoms with E-state index >= 15 is 0 Å². The monoisotopic (exact) mass is 449 g/mol. The van der Waals surface area contributed by atoms with E-state index in [-0.39, 0.29) is 17.6 Å². The first-order valence-electron chi connectivity index (χ1n) is 10.2.